The van der Waals surface area contributed by atoms with Crippen molar-refractivity contribution in [2.24, 2.45) is 5.14 Å². The van der Waals surface area contributed by atoms with E-state index < -0.39 is 17.2 Å². The minimum atomic E-state index is -0.924. The van der Waals surface area contributed by atoms with Crippen LogP contribution in [0.3, 0.4) is 0 Å². The molecular weight excluding hydrogens is 390 g/mol. The van der Waals surface area contributed by atoms with Crippen molar-refractivity contribution in [1.82, 2.24) is 10.2 Å². The van der Waals surface area contributed by atoms with Crippen LogP contribution < -0.4 is 10.9 Å². The molecule has 1 aromatic heterocycles. The molecule has 4 N–H and O–H groups in total. The standard InChI is InChI=1S/C10H11NO5S.C2H4N4S2/c1-7(16-11(13)14)6-15-10(12)8-3-2-4-9(17)5-8;3-1-5-6-2(7-1)8-4/h2-5,7,17H,6H2,1H3;4H2,(H2,3,5). The van der Waals surface area contributed by atoms with E-state index in [-0.39, 0.29) is 6.61 Å². The number of rotatable bonds is 6. The lowest BCUT2D eigenvalue weighted by Crippen LogP contribution is -2.21. The minimum Gasteiger partial charge on any atom is -0.460 e. The van der Waals surface area contributed by atoms with Gasteiger partial charge < -0.3 is 15.3 Å². The van der Waals surface area contributed by atoms with Gasteiger partial charge in [-0.2, -0.15) is 0 Å². The minimum absolute atomic E-state index is 0.184. The number of nitrogen functional groups attached to an aromatic ring is 1. The molecule has 0 aliphatic carbocycles. The Balaban J connectivity index is 0.000000324. The molecule has 1 aromatic carbocycles. The molecule has 136 valence electrons. The molecule has 0 aliphatic heterocycles. The largest absolute Gasteiger partial charge is 0.460 e. The lowest BCUT2D eigenvalue weighted by atomic mass is 10.2. The summed E-state index contributed by atoms with van der Waals surface area (Å²) in [6.45, 7) is 1.25. The van der Waals surface area contributed by atoms with Gasteiger partial charge in [-0.1, -0.05) is 17.4 Å². The van der Waals surface area contributed by atoms with Gasteiger partial charge in [0.25, 0.3) is 5.09 Å². The first-order chi connectivity index (χ1) is 11.8. The molecule has 0 fully saturated rings. The predicted octanol–water partition coefficient (Wildman–Crippen LogP) is 1.81. The predicted molar refractivity (Wildman–Crippen MR) is 95.9 cm³/mol. The highest BCUT2D eigenvalue weighted by molar-refractivity contribution is 7.98. The number of carbonyl (C=O) groups excluding carboxylic acids is 1. The Morgan fingerprint density at radius 2 is 2.24 bits per heavy atom. The molecule has 0 aliphatic rings. The van der Waals surface area contributed by atoms with Crippen molar-refractivity contribution in [2.45, 2.75) is 22.3 Å². The fourth-order valence-electron chi connectivity index (χ4n) is 1.35. The molecule has 0 bridgehead atoms. The van der Waals surface area contributed by atoms with E-state index in [1.165, 1.54) is 18.3 Å². The van der Waals surface area contributed by atoms with E-state index in [2.05, 4.69) is 27.7 Å². The molecule has 1 atom stereocenters. The topological polar surface area (TPSA) is 156 Å². The van der Waals surface area contributed by atoms with Crippen LogP contribution in [-0.2, 0) is 9.57 Å². The Morgan fingerprint density at radius 3 is 2.72 bits per heavy atom. The molecule has 1 heterocycles. The van der Waals surface area contributed by atoms with Crippen LogP contribution in [0.2, 0.25) is 0 Å². The number of thiol groups is 1. The summed E-state index contributed by atoms with van der Waals surface area (Å²) in [5.41, 5.74) is 5.57. The van der Waals surface area contributed by atoms with E-state index in [0.29, 0.717) is 19.9 Å². The molecule has 0 amide bonds. The van der Waals surface area contributed by atoms with Crippen molar-refractivity contribution in [2.75, 3.05) is 12.3 Å². The summed E-state index contributed by atoms with van der Waals surface area (Å²) in [5, 5.41) is 21.8. The quantitative estimate of drug-likeness (QED) is 0.213. The maximum absolute atomic E-state index is 11.5. The highest BCUT2D eigenvalue weighted by Crippen LogP contribution is 2.17. The molecular formula is C12H15N5O5S3. The van der Waals surface area contributed by atoms with Gasteiger partial charge >= 0.3 is 5.97 Å². The Kier molecular flexibility index (Phi) is 8.98. The average molecular weight is 405 g/mol. The number of ether oxygens (including phenoxy) is 1. The second kappa shape index (κ2) is 10.7. The number of carbonyl (C=O) groups is 1. The van der Waals surface area contributed by atoms with Gasteiger partial charge in [-0.25, -0.2) is 4.79 Å². The van der Waals surface area contributed by atoms with Crippen LogP contribution in [0.1, 0.15) is 17.3 Å². The van der Waals surface area contributed by atoms with E-state index >= 15 is 0 Å². The fraction of sp³-hybridized carbons (Fsp3) is 0.250. The molecule has 2 aromatic rings. The van der Waals surface area contributed by atoms with E-state index in [1.807, 2.05) is 0 Å². The van der Waals surface area contributed by atoms with Crippen molar-refractivity contribution < 1.29 is 19.5 Å². The van der Waals surface area contributed by atoms with E-state index in [1.54, 1.807) is 24.3 Å². The Hall–Kier alpha value is -2.09. The number of aromatic nitrogens is 2. The summed E-state index contributed by atoms with van der Waals surface area (Å²) in [5.74, 6) is -0.570. The van der Waals surface area contributed by atoms with Crippen LogP contribution in [0, 0.1) is 10.1 Å². The van der Waals surface area contributed by atoms with Crippen LogP contribution >= 0.6 is 35.9 Å². The first kappa shape index (κ1) is 21.0. The summed E-state index contributed by atoms with van der Waals surface area (Å²) in [6, 6.07) is 6.50. The first-order valence-electron chi connectivity index (χ1n) is 6.54. The maximum Gasteiger partial charge on any atom is 0.338 e. The van der Waals surface area contributed by atoms with E-state index in [9.17, 15) is 14.9 Å². The third-order valence-electron chi connectivity index (χ3n) is 2.32. The normalized spacial score (nSPS) is 11.0. The zero-order valence-corrected chi connectivity index (χ0v) is 15.4. The smallest absolute Gasteiger partial charge is 0.338 e. The molecule has 0 saturated heterocycles. The van der Waals surface area contributed by atoms with Crippen molar-refractivity contribution in [3.63, 3.8) is 0 Å². The number of benzene rings is 1. The van der Waals surface area contributed by atoms with Crippen LogP contribution in [0.5, 0.6) is 0 Å². The second-order valence-corrected chi connectivity index (χ2v) is 6.72. The van der Waals surface area contributed by atoms with Gasteiger partial charge in [0, 0.05) is 4.90 Å². The van der Waals surface area contributed by atoms with Gasteiger partial charge in [0.15, 0.2) is 4.34 Å². The molecule has 10 nitrogen and oxygen atoms in total. The highest BCUT2D eigenvalue weighted by atomic mass is 32.2. The van der Waals surface area contributed by atoms with Gasteiger partial charge in [0.2, 0.25) is 5.13 Å². The zero-order chi connectivity index (χ0) is 18.8. The SMILES string of the molecule is CC(COC(=O)c1cccc(S)c1)O[N+](=O)[O-].NSc1nnc(N)s1. The summed E-state index contributed by atoms with van der Waals surface area (Å²) < 4.78 is 5.54. The molecule has 2 rings (SSSR count). The van der Waals surface area contributed by atoms with E-state index in [0.717, 1.165) is 11.9 Å². The molecule has 13 heteroatoms. The summed E-state index contributed by atoms with van der Waals surface area (Å²) in [4.78, 5) is 26.3. The zero-order valence-electron chi connectivity index (χ0n) is 12.9. The first-order valence-corrected chi connectivity index (χ1v) is 8.69. The lowest BCUT2D eigenvalue weighted by molar-refractivity contribution is -0.767. The highest BCUT2D eigenvalue weighted by Gasteiger charge is 2.12. The molecule has 25 heavy (non-hydrogen) atoms. The van der Waals surface area contributed by atoms with Crippen LogP contribution in [0.15, 0.2) is 33.5 Å². The van der Waals surface area contributed by atoms with Gasteiger partial charge in [0.05, 0.1) is 5.56 Å². The molecule has 0 saturated carbocycles. The average Bonchev–Trinajstić information content (AvgIpc) is 2.98. The molecule has 1 unspecified atom stereocenters. The number of hydrogen-bond donors (Lipinski definition) is 3. The van der Waals surface area contributed by atoms with Gasteiger partial charge in [0.1, 0.15) is 12.7 Å². The summed E-state index contributed by atoms with van der Waals surface area (Å²) >= 11 is 6.42. The van der Waals surface area contributed by atoms with Crippen molar-refractivity contribution in [3.05, 3.63) is 39.9 Å². The number of anilines is 1. The Bertz CT molecular complexity index is 714. The van der Waals surface area contributed by atoms with Crippen molar-refractivity contribution in [3.8, 4) is 0 Å². The van der Waals surface area contributed by atoms with E-state index in [4.69, 9.17) is 15.6 Å². The fourth-order valence-corrected chi connectivity index (χ4v) is 2.46. The molecule has 0 radical (unpaired) electrons. The monoisotopic (exact) mass is 405 g/mol. The summed E-state index contributed by atoms with van der Waals surface area (Å²) in [7, 11) is 0. The third kappa shape index (κ3) is 8.53. The van der Waals surface area contributed by atoms with Gasteiger partial charge in [-0.05, 0) is 37.1 Å². The van der Waals surface area contributed by atoms with Crippen molar-refractivity contribution >= 4 is 47.0 Å². The number of esters is 1. The van der Waals surface area contributed by atoms with Gasteiger partial charge in [-0.15, -0.1) is 32.9 Å². The van der Waals surface area contributed by atoms with Crippen LogP contribution in [-0.4, -0.2) is 34.0 Å². The van der Waals surface area contributed by atoms with Crippen molar-refractivity contribution in [1.29, 1.82) is 0 Å². The lowest BCUT2D eigenvalue weighted by Gasteiger charge is -2.10. The summed E-state index contributed by atoms with van der Waals surface area (Å²) in [6.07, 6.45) is -0.798. The number of nitrogens with two attached hydrogens (primary N) is 2. The molecule has 0 spiro atoms. The maximum atomic E-state index is 11.5. The van der Waals surface area contributed by atoms with Crippen LogP contribution in [0.25, 0.3) is 0 Å². The third-order valence-corrected chi connectivity index (χ3v) is 3.97. The number of hydrogen-bond acceptors (Lipinski definition) is 12. The van der Waals surface area contributed by atoms with Gasteiger partial charge in [-0.3, -0.25) is 5.14 Å². The Morgan fingerprint density at radius 1 is 1.52 bits per heavy atom. The number of nitrogens with zero attached hydrogens (tertiary/aromatic N) is 3. The Labute approximate surface area is 156 Å². The van der Waals surface area contributed by atoms with Crippen LogP contribution in [0.4, 0.5) is 5.13 Å². The second-order valence-electron chi connectivity index (χ2n) is 4.31.